The maximum atomic E-state index is 9.68. The van der Waals surface area contributed by atoms with Crippen molar-refractivity contribution in [3.63, 3.8) is 0 Å². The molecular formula is C16H15N5O. The van der Waals surface area contributed by atoms with Crippen molar-refractivity contribution >= 4 is 16.9 Å². The highest BCUT2D eigenvalue weighted by molar-refractivity contribution is 5.94. The van der Waals surface area contributed by atoms with E-state index in [0.29, 0.717) is 5.69 Å². The van der Waals surface area contributed by atoms with Crippen LogP contribution in [-0.4, -0.2) is 30.6 Å². The molecule has 0 amide bonds. The van der Waals surface area contributed by atoms with Crippen molar-refractivity contribution < 1.29 is 5.11 Å². The Hall–Kier alpha value is -2.91. The number of hydrogen-bond donors (Lipinski definition) is 3. The number of fused-ring (bicyclic) bond motifs is 1. The Morgan fingerprint density at radius 2 is 2.14 bits per heavy atom. The number of aromatic nitrogens is 4. The number of nitrogen functional groups attached to an aromatic ring is 1. The van der Waals surface area contributed by atoms with Crippen LogP contribution in [0.25, 0.3) is 22.2 Å². The highest BCUT2D eigenvalue weighted by Crippen LogP contribution is 2.27. The predicted molar refractivity (Wildman–Crippen MR) is 84.7 cm³/mol. The van der Waals surface area contributed by atoms with Gasteiger partial charge in [0.05, 0.1) is 17.4 Å². The van der Waals surface area contributed by atoms with Gasteiger partial charge in [-0.15, -0.1) is 0 Å². The number of nitrogens with zero attached hydrogens (tertiary/aromatic N) is 3. The molecule has 3 heterocycles. The van der Waals surface area contributed by atoms with Crippen LogP contribution in [0.4, 0.5) is 5.95 Å². The van der Waals surface area contributed by atoms with Crippen molar-refractivity contribution in [2.45, 2.75) is 19.4 Å². The molecule has 0 aliphatic carbocycles. The van der Waals surface area contributed by atoms with Gasteiger partial charge in [-0.05, 0) is 31.9 Å². The van der Waals surface area contributed by atoms with Crippen LogP contribution in [0.15, 0.2) is 30.7 Å². The van der Waals surface area contributed by atoms with Gasteiger partial charge in [0.2, 0.25) is 5.95 Å². The third-order valence-corrected chi connectivity index (χ3v) is 3.01. The van der Waals surface area contributed by atoms with Crippen LogP contribution in [0.5, 0.6) is 0 Å². The van der Waals surface area contributed by atoms with Gasteiger partial charge in [-0.2, -0.15) is 0 Å². The van der Waals surface area contributed by atoms with Crippen molar-refractivity contribution in [2.24, 2.45) is 0 Å². The Labute approximate surface area is 127 Å². The quantitative estimate of drug-likeness (QED) is 0.593. The van der Waals surface area contributed by atoms with Gasteiger partial charge in [-0.1, -0.05) is 5.92 Å². The molecule has 0 aliphatic rings. The van der Waals surface area contributed by atoms with Crippen LogP contribution in [0.2, 0.25) is 0 Å². The average Bonchev–Trinajstić information content (AvgIpc) is 2.87. The normalized spacial score (nSPS) is 11.2. The molecule has 0 saturated carbocycles. The fourth-order valence-electron chi connectivity index (χ4n) is 2.04. The summed E-state index contributed by atoms with van der Waals surface area (Å²) in [5.74, 6) is 5.85. The van der Waals surface area contributed by atoms with E-state index in [2.05, 4.69) is 31.8 Å². The lowest BCUT2D eigenvalue weighted by atomic mass is 10.1. The molecule has 3 aromatic rings. The molecule has 0 aromatic carbocycles. The third-order valence-electron chi connectivity index (χ3n) is 3.01. The summed E-state index contributed by atoms with van der Waals surface area (Å²) in [6, 6.07) is 3.65. The Bertz CT molecular complexity index is 896. The number of nitrogens with one attached hydrogen (secondary N) is 1. The van der Waals surface area contributed by atoms with Gasteiger partial charge >= 0.3 is 0 Å². The van der Waals surface area contributed by atoms with E-state index in [1.165, 1.54) is 0 Å². The summed E-state index contributed by atoms with van der Waals surface area (Å²) in [6.07, 6.45) is 5.17. The number of aliphatic hydroxyl groups is 1. The summed E-state index contributed by atoms with van der Waals surface area (Å²) in [6.45, 7) is 3.26. The van der Waals surface area contributed by atoms with Gasteiger partial charge in [0.1, 0.15) is 11.3 Å². The van der Waals surface area contributed by atoms with Gasteiger partial charge in [0, 0.05) is 23.3 Å². The second-order valence-electron chi connectivity index (χ2n) is 5.43. The average molecular weight is 293 g/mol. The predicted octanol–water partition coefficient (Wildman–Crippen LogP) is 1.72. The first kappa shape index (κ1) is 14.0. The SMILES string of the molecule is CC(C)(O)C#Cc1cc2c(-c3ccnc(N)n3)c[nH]c2cn1. The Morgan fingerprint density at radius 3 is 2.86 bits per heavy atom. The van der Waals surface area contributed by atoms with Gasteiger partial charge in [0.25, 0.3) is 0 Å². The molecule has 0 aliphatic heterocycles. The molecule has 0 unspecified atom stereocenters. The summed E-state index contributed by atoms with van der Waals surface area (Å²) in [5, 5.41) is 10.6. The van der Waals surface area contributed by atoms with Crippen LogP contribution < -0.4 is 5.73 Å². The molecule has 6 nitrogen and oxygen atoms in total. The standard InChI is InChI=1S/C16H15N5O/c1-16(2,22)5-3-10-7-11-12(8-20-14(11)9-19-10)13-4-6-18-15(17)21-13/h4,6-9,20,22H,1-2H3,(H2,17,18,21). The number of H-pyrrole nitrogens is 1. The molecule has 6 heteroatoms. The maximum absolute atomic E-state index is 9.68. The molecule has 3 aromatic heterocycles. The minimum atomic E-state index is -1.06. The van der Waals surface area contributed by atoms with Gasteiger partial charge in [0.15, 0.2) is 0 Å². The number of rotatable bonds is 1. The van der Waals surface area contributed by atoms with E-state index in [1.807, 2.05) is 12.3 Å². The van der Waals surface area contributed by atoms with Crippen molar-refractivity contribution in [1.29, 1.82) is 0 Å². The second kappa shape index (κ2) is 5.13. The first-order chi connectivity index (χ1) is 10.4. The Kier molecular flexibility index (Phi) is 3.28. The fraction of sp³-hybridized carbons (Fsp3) is 0.188. The van der Waals surface area contributed by atoms with Crippen LogP contribution in [0.3, 0.4) is 0 Å². The molecular weight excluding hydrogens is 278 g/mol. The molecule has 3 rings (SSSR count). The van der Waals surface area contributed by atoms with E-state index in [0.717, 1.165) is 22.2 Å². The zero-order valence-electron chi connectivity index (χ0n) is 12.3. The van der Waals surface area contributed by atoms with Crippen LogP contribution >= 0.6 is 0 Å². The van der Waals surface area contributed by atoms with Gasteiger partial charge < -0.3 is 15.8 Å². The lowest BCUT2D eigenvalue weighted by Crippen LogP contribution is -2.14. The zero-order chi connectivity index (χ0) is 15.7. The van der Waals surface area contributed by atoms with E-state index in [4.69, 9.17) is 5.73 Å². The minimum Gasteiger partial charge on any atom is -0.378 e. The summed E-state index contributed by atoms with van der Waals surface area (Å²) in [7, 11) is 0. The van der Waals surface area contributed by atoms with Crippen molar-refractivity contribution in [3.8, 4) is 23.1 Å². The largest absolute Gasteiger partial charge is 0.378 e. The highest BCUT2D eigenvalue weighted by Gasteiger charge is 2.10. The lowest BCUT2D eigenvalue weighted by Gasteiger charge is -2.05. The summed E-state index contributed by atoms with van der Waals surface area (Å²) >= 11 is 0. The smallest absolute Gasteiger partial charge is 0.220 e. The number of pyridine rings is 1. The van der Waals surface area contributed by atoms with Crippen molar-refractivity contribution in [2.75, 3.05) is 5.73 Å². The topological polar surface area (TPSA) is 101 Å². The molecule has 0 spiro atoms. The monoisotopic (exact) mass is 293 g/mol. The Morgan fingerprint density at radius 1 is 1.32 bits per heavy atom. The van der Waals surface area contributed by atoms with Crippen molar-refractivity contribution in [1.82, 2.24) is 19.9 Å². The number of hydrogen-bond acceptors (Lipinski definition) is 5. The van der Waals surface area contributed by atoms with Crippen LogP contribution in [0, 0.1) is 11.8 Å². The third kappa shape index (κ3) is 2.90. The van der Waals surface area contributed by atoms with E-state index in [1.54, 1.807) is 32.3 Å². The van der Waals surface area contributed by atoms with Crippen molar-refractivity contribution in [3.05, 3.63) is 36.4 Å². The zero-order valence-corrected chi connectivity index (χ0v) is 12.3. The molecule has 22 heavy (non-hydrogen) atoms. The highest BCUT2D eigenvalue weighted by atomic mass is 16.3. The first-order valence-corrected chi connectivity index (χ1v) is 6.74. The number of aromatic amines is 1. The number of nitrogens with two attached hydrogens (primary N) is 1. The van der Waals surface area contributed by atoms with E-state index in [-0.39, 0.29) is 5.95 Å². The maximum Gasteiger partial charge on any atom is 0.220 e. The molecule has 0 saturated heterocycles. The Balaban J connectivity index is 2.11. The van der Waals surface area contributed by atoms with Gasteiger partial charge in [-0.25, -0.2) is 15.0 Å². The summed E-state index contributed by atoms with van der Waals surface area (Å²) in [5.41, 5.74) is 7.67. The first-order valence-electron chi connectivity index (χ1n) is 6.74. The molecule has 0 bridgehead atoms. The minimum absolute atomic E-state index is 0.225. The van der Waals surface area contributed by atoms with E-state index >= 15 is 0 Å². The number of anilines is 1. The molecule has 0 atom stereocenters. The molecule has 4 N–H and O–H groups in total. The fourth-order valence-corrected chi connectivity index (χ4v) is 2.04. The lowest BCUT2D eigenvalue weighted by molar-refractivity contribution is 0.143. The summed E-state index contributed by atoms with van der Waals surface area (Å²) < 4.78 is 0. The second-order valence-corrected chi connectivity index (χ2v) is 5.43. The van der Waals surface area contributed by atoms with E-state index < -0.39 is 5.60 Å². The van der Waals surface area contributed by atoms with E-state index in [9.17, 15) is 5.11 Å². The molecule has 0 fully saturated rings. The molecule has 110 valence electrons. The van der Waals surface area contributed by atoms with Crippen LogP contribution in [-0.2, 0) is 0 Å². The molecule has 0 radical (unpaired) electrons. The van der Waals surface area contributed by atoms with Gasteiger partial charge in [-0.3, -0.25) is 0 Å². The van der Waals surface area contributed by atoms with Crippen LogP contribution in [0.1, 0.15) is 19.5 Å². The summed E-state index contributed by atoms with van der Waals surface area (Å²) in [4.78, 5) is 15.5.